The van der Waals surface area contributed by atoms with E-state index in [1.165, 1.54) is 43.4 Å². The van der Waals surface area contributed by atoms with Gasteiger partial charge in [-0.3, -0.25) is 0 Å². The standard InChI is InChI=1S/C56H36N2O/c1-3-12-38(13-4-1)47-19-11-20-50-52-34-41(27-33-55(52)59-56(47)50)37-24-28-43(29-25-37)57(44-30-26-40-23-22-39-14-7-8-17-46(39)51(40)35-44)45-31-32-49-48-18-9-10-21-53(48)58(54(49)36-45)42-15-5-2-6-16-42/h1-36H. The molecule has 0 N–H and O–H groups in total. The van der Waals surface area contributed by atoms with Crippen LogP contribution in [0.2, 0.25) is 0 Å². The first-order valence-electron chi connectivity index (χ1n) is 20.2. The second kappa shape index (κ2) is 13.4. The molecule has 12 rings (SSSR count). The number of aromatic nitrogens is 1. The average Bonchev–Trinajstić information content (AvgIpc) is 3.85. The van der Waals surface area contributed by atoms with Crippen molar-refractivity contribution in [3.8, 4) is 27.9 Å². The molecule has 0 atom stereocenters. The molecule has 0 aliphatic carbocycles. The Morgan fingerprint density at radius 1 is 0.339 bits per heavy atom. The molecule has 0 bridgehead atoms. The molecule has 0 saturated heterocycles. The molecule has 0 aliphatic heterocycles. The van der Waals surface area contributed by atoms with Crippen LogP contribution in [-0.4, -0.2) is 4.57 Å². The van der Waals surface area contributed by atoms with Gasteiger partial charge in [0.25, 0.3) is 0 Å². The van der Waals surface area contributed by atoms with Crippen molar-refractivity contribution in [2.75, 3.05) is 4.90 Å². The third kappa shape index (κ3) is 5.44. The Morgan fingerprint density at radius 3 is 1.81 bits per heavy atom. The van der Waals surface area contributed by atoms with Crippen LogP contribution < -0.4 is 4.90 Å². The summed E-state index contributed by atoms with van der Waals surface area (Å²) in [5.41, 5.74) is 13.1. The number of para-hydroxylation sites is 3. The lowest BCUT2D eigenvalue weighted by Gasteiger charge is -2.26. The number of benzene rings is 10. The second-order valence-corrected chi connectivity index (χ2v) is 15.3. The molecule has 2 heterocycles. The van der Waals surface area contributed by atoms with E-state index in [-0.39, 0.29) is 0 Å². The summed E-state index contributed by atoms with van der Waals surface area (Å²) < 4.78 is 8.90. The third-order valence-electron chi connectivity index (χ3n) is 12.0. The zero-order chi connectivity index (χ0) is 38.9. The lowest BCUT2D eigenvalue weighted by Crippen LogP contribution is -2.10. The minimum absolute atomic E-state index is 0.891. The molecule has 276 valence electrons. The van der Waals surface area contributed by atoms with Gasteiger partial charge in [-0.15, -0.1) is 0 Å². The highest BCUT2D eigenvalue weighted by Gasteiger charge is 2.19. The predicted octanol–water partition coefficient (Wildman–Crippen LogP) is 15.8. The van der Waals surface area contributed by atoms with E-state index in [4.69, 9.17) is 4.42 Å². The Morgan fingerprint density at radius 2 is 0.966 bits per heavy atom. The van der Waals surface area contributed by atoms with Gasteiger partial charge in [-0.25, -0.2) is 0 Å². The average molecular weight is 753 g/mol. The van der Waals surface area contributed by atoms with Gasteiger partial charge < -0.3 is 13.9 Å². The lowest BCUT2D eigenvalue weighted by molar-refractivity contribution is 0.670. The Bertz CT molecular complexity index is 3540. The topological polar surface area (TPSA) is 21.3 Å². The van der Waals surface area contributed by atoms with Crippen LogP contribution in [0.5, 0.6) is 0 Å². The van der Waals surface area contributed by atoms with Gasteiger partial charge in [0.15, 0.2) is 0 Å². The molecule has 0 spiro atoms. The van der Waals surface area contributed by atoms with Crippen molar-refractivity contribution in [2.24, 2.45) is 0 Å². The monoisotopic (exact) mass is 752 g/mol. The van der Waals surface area contributed by atoms with Crippen molar-refractivity contribution in [1.82, 2.24) is 4.57 Å². The van der Waals surface area contributed by atoms with E-state index in [1.54, 1.807) is 0 Å². The molecular weight excluding hydrogens is 717 g/mol. The van der Waals surface area contributed by atoms with Crippen molar-refractivity contribution in [2.45, 2.75) is 0 Å². The second-order valence-electron chi connectivity index (χ2n) is 15.3. The summed E-state index contributed by atoms with van der Waals surface area (Å²) in [6, 6.07) is 78.7. The number of rotatable bonds is 6. The molecule has 10 aromatic carbocycles. The van der Waals surface area contributed by atoms with Gasteiger partial charge in [-0.1, -0.05) is 152 Å². The maximum Gasteiger partial charge on any atom is 0.143 e. The minimum Gasteiger partial charge on any atom is -0.455 e. The van der Waals surface area contributed by atoms with E-state index >= 15 is 0 Å². The molecule has 0 amide bonds. The quantitative estimate of drug-likeness (QED) is 0.158. The fourth-order valence-electron chi connectivity index (χ4n) is 9.16. The number of hydrogen-bond acceptors (Lipinski definition) is 2. The van der Waals surface area contributed by atoms with Crippen molar-refractivity contribution in [3.05, 3.63) is 218 Å². The Labute approximate surface area is 341 Å². The van der Waals surface area contributed by atoms with Crippen molar-refractivity contribution >= 4 is 82.4 Å². The fraction of sp³-hybridized carbons (Fsp3) is 0. The van der Waals surface area contributed by atoms with Gasteiger partial charge in [0.2, 0.25) is 0 Å². The summed E-state index contributed by atoms with van der Waals surface area (Å²) in [4.78, 5) is 2.40. The Balaban J connectivity index is 1.02. The van der Waals surface area contributed by atoms with Crippen molar-refractivity contribution < 1.29 is 4.42 Å². The summed E-state index contributed by atoms with van der Waals surface area (Å²) in [6.45, 7) is 0. The summed E-state index contributed by atoms with van der Waals surface area (Å²) in [6.07, 6.45) is 0. The molecule has 0 radical (unpaired) electrons. The van der Waals surface area contributed by atoms with Gasteiger partial charge in [0.1, 0.15) is 11.2 Å². The van der Waals surface area contributed by atoms with Crippen LogP contribution in [0.1, 0.15) is 0 Å². The lowest BCUT2D eigenvalue weighted by atomic mass is 9.99. The molecule has 3 heteroatoms. The highest BCUT2D eigenvalue weighted by atomic mass is 16.3. The molecule has 0 unspecified atom stereocenters. The van der Waals surface area contributed by atoms with Crippen molar-refractivity contribution in [1.29, 1.82) is 0 Å². The van der Waals surface area contributed by atoms with Gasteiger partial charge in [-0.2, -0.15) is 0 Å². The van der Waals surface area contributed by atoms with Gasteiger partial charge in [0.05, 0.1) is 11.0 Å². The molecule has 12 aromatic rings. The maximum absolute atomic E-state index is 6.51. The van der Waals surface area contributed by atoms with E-state index in [0.29, 0.717) is 0 Å². The molecular formula is C56H36N2O. The summed E-state index contributed by atoms with van der Waals surface area (Å²) >= 11 is 0. The van der Waals surface area contributed by atoms with E-state index in [9.17, 15) is 0 Å². The molecule has 0 saturated carbocycles. The van der Waals surface area contributed by atoms with Gasteiger partial charge in [-0.05, 0) is 105 Å². The number of fused-ring (bicyclic) bond motifs is 9. The zero-order valence-electron chi connectivity index (χ0n) is 32.1. The van der Waals surface area contributed by atoms with E-state index in [1.807, 2.05) is 6.07 Å². The molecule has 2 aromatic heterocycles. The first-order valence-corrected chi connectivity index (χ1v) is 20.2. The molecule has 59 heavy (non-hydrogen) atoms. The highest BCUT2D eigenvalue weighted by Crippen LogP contribution is 2.43. The maximum atomic E-state index is 6.51. The summed E-state index contributed by atoms with van der Waals surface area (Å²) in [5, 5.41) is 9.65. The number of hydrogen-bond donors (Lipinski definition) is 0. The minimum atomic E-state index is 0.891. The van der Waals surface area contributed by atoms with E-state index < -0.39 is 0 Å². The van der Waals surface area contributed by atoms with Crippen LogP contribution in [0.15, 0.2) is 223 Å². The number of furan rings is 1. The van der Waals surface area contributed by atoms with Crippen LogP contribution in [0, 0.1) is 0 Å². The smallest absolute Gasteiger partial charge is 0.143 e. The fourth-order valence-corrected chi connectivity index (χ4v) is 9.16. The SMILES string of the molecule is c1ccc(-c2cccc3c2oc2ccc(-c4ccc(N(c5ccc6ccc7ccccc7c6c5)c5ccc6c7ccccc7n(-c7ccccc7)c6c5)cc4)cc23)cc1. The third-order valence-corrected chi connectivity index (χ3v) is 12.0. The first-order chi connectivity index (χ1) is 29.2. The summed E-state index contributed by atoms with van der Waals surface area (Å²) in [5.74, 6) is 0. The molecule has 0 aliphatic rings. The Hall–Kier alpha value is -7.88. The van der Waals surface area contributed by atoms with Crippen LogP contribution >= 0.6 is 0 Å². The predicted molar refractivity (Wildman–Crippen MR) is 249 cm³/mol. The normalized spacial score (nSPS) is 11.7. The zero-order valence-corrected chi connectivity index (χ0v) is 32.1. The largest absolute Gasteiger partial charge is 0.455 e. The van der Waals surface area contributed by atoms with Gasteiger partial charge in [0, 0.05) is 49.9 Å². The van der Waals surface area contributed by atoms with Crippen LogP contribution in [-0.2, 0) is 0 Å². The van der Waals surface area contributed by atoms with Crippen LogP contribution in [0.25, 0.3) is 93.2 Å². The number of nitrogens with zero attached hydrogens (tertiary/aromatic N) is 2. The van der Waals surface area contributed by atoms with E-state index in [2.05, 4.69) is 222 Å². The summed E-state index contributed by atoms with van der Waals surface area (Å²) in [7, 11) is 0. The first kappa shape index (κ1) is 33.3. The highest BCUT2D eigenvalue weighted by molar-refractivity contribution is 6.12. The molecule has 3 nitrogen and oxygen atoms in total. The number of anilines is 3. The van der Waals surface area contributed by atoms with Gasteiger partial charge >= 0.3 is 0 Å². The Kier molecular flexibility index (Phi) is 7.54. The molecule has 0 fully saturated rings. The van der Waals surface area contributed by atoms with Crippen LogP contribution in [0.3, 0.4) is 0 Å². The van der Waals surface area contributed by atoms with E-state index in [0.717, 1.165) is 66.9 Å². The van der Waals surface area contributed by atoms with Crippen LogP contribution in [0.4, 0.5) is 17.1 Å². The van der Waals surface area contributed by atoms with Crippen molar-refractivity contribution in [3.63, 3.8) is 0 Å².